The number of anilines is 2. The van der Waals surface area contributed by atoms with Crippen molar-refractivity contribution in [1.82, 2.24) is 34.0 Å². The summed E-state index contributed by atoms with van der Waals surface area (Å²) in [7, 11) is 0. The van der Waals surface area contributed by atoms with Crippen molar-refractivity contribution in [2.24, 2.45) is 20.5 Å². The average Bonchev–Trinajstić information content (AvgIpc) is 4.03. The predicted octanol–water partition coefficient (Wildman–Crippen LogP) is -0.147. The second kappa shape index (κ2) is 38.7. The van der Waals surface area contributed by atoms with Gasteiger partial charge in [0.15, 0.2) is 23.0 Å². The molecule has 0 unspecified atom stereocenters. The largest absolute Gasteiger partial charge is 1.00 e. The Kier molecular flexibility index (Phi) is 37.9. The highest BCUT2D eigenvalue weighted by Gasteiger charge is 2.20. The van der Waals surface area contributed by atoms with Crippen LogP contribution in [0.2, 0.25) is 0 Å². The third-order valence-corrected chi connectivity index (χ3v) is 10.6. The van der Waals surface area contributed by atoms with E-state index in [1.165, 1.54) is 84.0 Å². The molecule has 0 bridgehead atoms. The molecule has 0 radical (unpaired) electrons. The van der Waals surface area contributed by atoms with Crippen LogP contribution in [0, 0.1) is 0 Å². The lowest BCUT2D eigenvalue weighted by atomic mass is 10.2. The summed E-state index contributed by atoms with van der Waals surface area (Å²) in [5.74, 6) is 2.80. The van der Waals surface area contributed by atoms with Gasteiger partial charge in [-0.05, 0) is 32.1 Å². The molecule has 21 heteroatoms. The second-order valence-electron chi connectivity index (χ2n) is 15.9. The number of halogens is 4. The van der Waals surface area contributed by atoms with E-state index in [1.54, 1.807) is 12.4 Å². The molecule has 0 aliphatic heterocycles. The first-order valence-electron chi connectivity index (χ1n) is 23.4. The number of carbonyl (C=O) groups is 1. The van der Waals surface area contributed by atoms with E-state index in [1.807, 2.05) is 15.6 Å². The minimum atomic E-state index is -0.00872. The first-order valence-corrected chi connectivity index (χ1v) is 23.4. The van der Waals surface area contributed by atoms with Gasteiger partial charge in [0.05, 0.1) is 69.9 Å². The fourth-order valence-corrected chi connectivity index (χ4v) is 6.91. The zero-order valence-corrected chi connectivity index (χ0v) is 44.8. The number of aromatic nitrogens is 8. The molecule has 1 amide bonds. The van der Waals surface area contributed by atoms with Gasteiger partial charge in [-0.15, -0.1) is 12.4 Å². The Labute approximate surface area is 422 Å². The van der Waals surface area contributed by atoms with E-state index in [0.717, 1.165) is 96.2 Å². The lowest BCUT2D eigenvalue weighted by Crippen LogP contribution is -3.00. The molecule has 0 aliphatic carbocycles. The Bertz CT molecular complexity index is 1860. The Morgan fingerprint density at radius 3 is 1.37 bits per heavy atom. The molecule has 4 aromatic heterocycles. The van der Waals surface area contributed by atoms with Crippen LogP contribution in [-0.2, 0) is 44.1 Å². The van der Waals surface area contributed by atoms with Crippen LogP contribution in [0.1, 0.15) is 150 Å². The van der Waals surface area contributed by atoms with Crippen LogP contribution >= 0.6 is 12.4 Å². The van der Waals surface area contributed by atoms with Gasteiger partial charge in [0.2, 0.25) is 5.91 Å². The maximum absolute atomic E-state index is 11.1. The number of imidazole rings is 2. The van der Waals surface area contributed by atoms with Crippen LogP contribution in [0.4, 0.5) is 34.9 Å². The van der Waals surface area contributed by atoms with E-state index in [0.29, 0.717) is 29.6 Å². The normalized spacial score (nSPS) is 10.9. The molecule has 4 aromatic rings. The molecule has 0 saturated heterocycles. The number of nitrogens with two attached hydrogens (primary N) is 2. The van der Waals surface area contributed by atoms with Gasteiger partial charge in [-0.1, -0.05) is 115 Å². The predicted molar refractivity (Wildman–Crippen MR) is 250 cm³/mol. The van der Waals surface area contributed by atoms with Crippen LogP contribution in [0.25, 0.3) is 0 Å². The highest BCUT2D eigenvalue weighted by Crippen LogP contribution is 2.25. The molecule has 0 fully saturated rings. The highest BCUT2D eigenvalue weighted by atomic mass is 79.9. The van der Waals surface area contributed by atoms with E-state index in [9.17, 15) is 4.79 Å². The quantitative estimate of drug-likeness (QED) is 0.0307. The number of amides is 1. The Hall–Kier alpha value is -3.39. The van der Waals surface area contributed by atoms with Crippen molar-refractivity contribution in [1.29, 1.82) is 0 Å². The van der Waals surface area contributed by atoms with Gasteiger partial charge in [-0.3, -0.25) is 4.79 Å². The van der Waals surface area contributed by atoms with Gasteiger partial charge in [-0.2, -0.15) is 10.2 Å². The maximum atomic E-state index is 11.1. The number of rotatable bonds is 31. The summed E-state index contributed by atoms with van der Waals surface area (Å²) in [5, 5.41) is 29.6. The molecular formula is C44H82Br2Cl2N16O. The fraction of sp³-hybridized carbons (Fsp3) is 0.705. The van der Waals surface area contributed by atoms with Crippen molar-refractivity contribution >= 4 is 53.2 Å². The van der Waals surface area contributed by atoms with Gasteiger partial charge >= 0.3 is 11.9 Å². The van der Waals surface area contributed by atoms with Gasteiger partial charge in [0, 0.05) is 43.2 Å². The standard InChI is InChI=1S/C23H40N8O.C21H38N8.2BrH.2ClH/c1-4-6-8-10-14-29-17-18-30(15-12-13-25-20(3)32)23(29)28-27-21-19-26-31(22(21)24)16-11-9-7-5-2;1-3-5-7-9-13-27-16-17-28(14-11-12-22)21(27)26-25-19-18-24-29(20(19)23)15-10-8-6-4-2;;;;/h17-19,24H,4-16H2,1-3H3,(H,25,32);16-18,23H,3-15,22H2,1-2H3;4*1H. The lowest BCUT2D eigenvalue weighted by Gasteiger charge is -2.03. The van der Waals surface area contributed by atoms with Crippen LogP contribution in [0.15, 0.2) is 57.6 Å². The molecule has 4 heterocycles. The molecule has 0 aromatic carbocycles. The van der Waals surface area contributed by atoms with Gasteiger partial charge in [0.1, 0.15) is 0 Å². The number of nitrogens with one attached hydrogen (secondary N) is 1. The zero-order valence-electron chi connectivity index (χ0n) is 40.0. The van der Waals surface area contributed by atoms with Gasteiger partial charge in [0.25, 0.3) is 0 Å². The molecule has 17 nitrogen and oxygen atoms in total. The molecule has 65 heavy (non-hydrogen) atoms. The highest BCUT2D eigenvalue weighted by molar-refractivity contribution is 5.85. The fourth-order valence-electron chi connectivity index (χ4n) is 6.91. The second-order valence-corrected chi connectivity index (χ2v) is 15.9. The van der Waals surface area contributed by atoms with Crippen molar-refractivity contribution in [3.8, 4) is 0 Å². The monoisotopic (exact) mass is 1080 g/mol. The SMILES string of the molecule is CCCCCCn1cc[n+](CCCNC(C)=O)c1N=Nc1cnn(CCCCCC)c1N.CCCCCCn1cc[n+](CCC[NH3+])c1N=Nc1cnn(CCCCCC)c1N.Cl.[Br-].[Br-].[Cl-]. The lowest BCUT2D eigenvalue weighted by molar-refractivity contribution is -0.686. The average molecular weight is 1080 g/mol. The van der Waals surface area contributed by atoms with Crippen molar-refractivity contribution < 1.29 is 66.0 Å². The van der Waals surface area contributed by atoms with Crippen LogP contribution in [0.3, 0.4) is 0 Å². The smallest absolute Gasteiger partial charge is 0.421 e. The zero-order chi connectivity index (χ0) is 44.1. The topological polar surface area (TPSA) is 211 Å². The number of unbranched alkanes of at least 4 members (excludes halogenated alkanes) is 12. The minimum Gasteiger partial charge on any atom is -1.00 e. The molecule has 372 valence electrons. The van der Waals surface area contributed by atoms with Crippen LogP contribution < -0.4 is 78.0 Å². The number of aryl methyl sites for hydroxylation is 6. The van der Waals surface area contributed by atoms with E-state index in [-0.39, 0.29) is 64.7 Å². The van der Waals surface area contributed by atoms with Crippen LogP contribution in [0.5, 0.6) is 0 Å². The van der Waals surface area contributed by atoms with Gasteiger partial charge in [-0.25, -0.2) is 27.6 Å². The molecule has 0 spiro atoms. The summed E-state index contributed by atoms with van der Waals surface area (Å²) in [5.41, 5.74) is 17.7. The number of nitrogens with zero attached hydrogens (tertiary/aromatic N) is 12. The number of hydrogen-bond donors (Lipinski definition) is 4. The summed E-state index contributed by atoms with van der Waals surface area (Å²) in [6, 6.07) is 0. The van der Waals surface area contributed by atoms with Gasteiger partial charge < -0.3 is 68.9 Å². The summed E-state index contributed by atoms with van der Waals surface area (Å²) in [4.78, 5) is 11.1. The summed E-state index contributed by atoms with van der Waals surface area (Å²) in [6.45, 7) is 17.1. The Balaban J connectivity index is 0. The summed E-state index contributed by atoms with van der Waals surface area (Å²) >= 11 is 0. The molecular weight excluding hydrogens is 999 g/mol. The Morgan fingerprint density at radius 1 is 0.615 bits per heavy atom. The van der Waals surface area contributed by atoms with Crippen LogP contribution in [-0.4, -0.2) is 47.7 Å². The first kappa shape index (κ1) is 63.7. The number of azo groups is 2. The third-order valence-electron chi connectivity index (χ3n) is 10.6. The van der Waals surface area contributed by atoms with E-state index < -0.39 is 0 Å². The minimum absolute atomic E-state index is 0. The van der Waals surface area contributed by atoms with Crippen molar-refractivity contribution in [2.75, 3.05) is 24.6 Å². The van der Waals surface area contributed by atoms with Crippen molar-refractivity contribution in [3.63, 3.8) is 0 Å². The molecule has 4 rings (SSSR count). The Morgan fingerprint density at radius 2 is 1.00 bits per heavy atom. The molecule has 0 atom stereocenters. The van der Waals surface area contributed by atoms with Crippen molar-refractivity contribution in [3.05, 3.63) is 37.2 Å². The van der Waals surface area contributed by atoms with Crippen molar-refractivity contribution in [2.45, 2.75) is 189 Å². The summed E-state index contributed by atoms with van der Waals surface area (Å²) < 4.78 is 12.2. The van der Waals surface area contributed by atoms with E-state index in [2.05, 4.69) is 106 Å². The molecule has 0 aliphatic rings. The summed E-state index contributed by atoms with van der Waals surface area (Å²) in [6.07, 6.45) is 32.6. The van der Waals surface area contributed by atoms with E-state index >= 15 is 0 Å². The molecule has 8 N–H and O–H groups in total. The number of nitrogen functional groups attached to an aromatic ring is 2. The first-order chi connectivity index (χ1) is 29.8. The number of quaternary nitrogens is 1. The molecule has 0 saturated carbocycles. The maximum Gasteiger partial charge on any atom is 0.421 e. The van der Waals surface area contributed by atoms with E-state index in [4.69, 9.17) is 11.5 Å². The number of carbonyl (C=O) groups excluding carboxylic acids is 1. The number of hydrogen-bond acceptors (Lipinski definition) is 9. The third kappa shape index (κ3) is 23.8.